The average Bonchev–Trinajstić information content (AvgIpc) is 2.21. The molecule has 0 heterocycles. The fourth-order valence-corrected chi connectivity index (χ4v) is 1.27. The molecule has 0 aliphatic heterocycles. The Balaban J connectivity index is 2.35. The Morgan fingerprint density at radius 2 is 1.87 bits per heavy atom. The fraction of sp³-hybridized carbons (Fsp3) is 0.500. The third kappa shape index (κ3) is 4.40. The van der Waals surface area contributed by atoms with E-state index in [1.54, 1.807) is 0 Å². The minimum Gasteiger partial charge on any atom is -0.329 e. The van der Waals surface area contributed by atoms with Crippen molar-refractivity contribution in [3.8, 4) is 0 Å². The third-order valence-corrected chi connectivity index (χ3v) is 2.44. The molecule has 84 valence electrons. The van der Waals surface area contributed by atoms with Crippen molar-refractivity contribution in [2.24, 2.45) is 5.73 Å². The van der Waals surface area contributed by atoms with Crippen LogP contribution < -0.4 is 11.1 Å². The maximum atomic E-state index is 12.6. The van der Waals surface area contributed by atoms with Gasteiger partial charge in [-0.25, -0.2) is 4.39 Å². The van der Waals surface area contributed by atoms with Crippen molar-refractivity contribution in [1.82, 2.24) is 5.32 Å². The normalized spacial score (nSPS) is 11.7. The van der Waals surface area contributed by atoms with Crippen LogP contribution in [-0.2, 0) is 6.42 Å². The molecule has 1 rings (SSSR count). The van der Waals surface area contributed by atoms with Crippen molar-refractivity contribution in [2.75, 3.05) is 13.1 Å². The van der Waals surface area contributed by atoms with Crippen molar-refractivity contribution < 1.29 is 4.39 Å². The van der Waals surface area contributed by atoms with Crippen molar-refractivity contribution in [1.29, 1.82) is 0 Å². The van der Waals surface area contributed by atoms with Crippen LogP contribution in [0.1, 0.15) is 19.4 Å². The summed E-state index contributed by atoms with van der Waals surface area (Å²) in [5, 5.41) is 3.35. The van der Waals surface area contributed by atoms with Crippen LogP contribution in [-0.4, -0.2) is 18.6 Å². The summed E-state index contributed by atoms with van der Waals surface area (Å²) in [4.78, 5) is 0. The molecule has 0 atom stereocenters. The zero-order chi connectivity index (χ0) is 11.3. The van der Waals surface area contributed by atoms with Crippen molar-refractivity contribution in [3.63, 3.8) is 0 Å². The second-order valence-corrected chi connectivity index (χ2v) is 4.39. The van der Waals surface area contributed by atoms with Gasteiger partial charge in [0.25, 0.3) is 0 Å². The number of rotatable bonds is 5. The van der Waals surface area contributed by atoms with Gasteiger partial charge in [-0.2, -0.15) is 0 Å². The van der Waals surface area contributed by atoms with Gasteiger partial charge < -0.3 is 11.1 Å². The highest BCUT2D eigenvalue weighted by molar-refractivity contribution is 5.16. The molecule has 3 N–H and O–H groups in total. The maximum absolute atomic E-state index is 12.6. The molecule has 0 saturated carbocycles. The lowest BCUT2D eigenvalue weighted by Gasteiger charge is -2.24. The maximum Gasteiger partial charge on any atom is 0.123 e. The number of nitrogens with two attached hydrogens (primary N) is 1. The van der Waals surface area contributed by atoms with Gasteiger partial charge in [-0.15, -0.1) is 0 Å². The van der Waals surface area contributed by atoms with E-state index in [1.165, 1.54) is 12.1 Å². The molecule has 0 amide bonds. The molecule has 0 spiro atoms. The van der Waals surface area contributed by atoms with E-state index in [-0.39, 0.29) is 11.4 Å². The summed E-state index contributed by atoms with van der Waals surface area (Å²) in [6, 6.07) is 6.60. The molecular formula is C12H19FN2. The number of hydrogen-bond donors (Lipinski definition) is 2. The minimum atomic E-state index is -0.186. The first-order valence-electron chi connectivity index (χ1n) is 5.23. The van der Waals surface area contributed by atoms with Gasteiger partial charge in [0.05, 0.1) is 0 Å². The standard InChI is InChI=1S/C12H19FN2/c1-12(2,9-14)15-8-7-10-3-5-11(13)6-4-10/h3-6,15H,7-9,14H2,1-2H3. The second kappa shape index (κ2) is 5.24. The molecular weight excluding hydrogens is 191 g/mol. The topological polar surface area (TPSA) is 38.0 Å². The Labute approximate surface area is 90.7 Å². The van der Waals surface area contributed by atoms with E-state index >= 15 is 0 Å². The Morgan fingerprint density at radius 3 is 2.40 bits per heavy atom. The first kappa shape index (κ1) is 12.1. The predicted molar refractivity (Wildman–Crippen MR) is 61.2 cm³/mol. The monoisotopic (exact) mass is 210 g/mol. The van der Waals surface area contributed by atoms with E-state index in [2.05, 4.69) is 19.2 Å². The van der Waals surface area contributed by atoms with Crippen LogP contribution in [0, 0.1) is 5.82 Å². The van der Waals surface area contributed by atoms with Gasteiger partial charge in [0.1, 0.15) is 5.82 Å². The lowest BCUT2D eigenvalue weighted by molar-refractivity contribution is 0.402. The summed E-state index contributed by atoms with van der Waals surface area (Å²) in [6.07, 6.45) is 0.893. The van der Waals surface area contributed by atoms with E-state index in [0.717, 1.165) is 18.5 Å². The van der Waals surface area contributed by atoms with Crippen LogP contribution in [0.15, 0.2) is 24.3 Å². The van der Waals surface area contributed by atoms with Crippen molar-refractivity contribution in [3.05, 3.63) is 35.6 Å². The SMILES string of the molecule is CC(C)(CN)NCCc1ccc(F)cc1. The van der Waals surface area contributed by atoms with Crippen LogP contribution in [0.5, 0.6) is 0 Å². The summed E-state index contributed by atoms with van der Waals surface area (Å²) in [6.45, 7) is 5.60. The zero-order valence-corrected chi connectivity index (χ0v) is 9.39. The first-order chi connectivity index (χ1) is 7.03. The molecule has 0 saturated heterocycles. The summed E-state index contributed by atoms with van der Waals surface area (Å²) in [7, 11) is 0. The van der Waals surface area contributed by atoms with Crippen LogP contribution in [0.2, 0.25) is 0 Å². The molecule has 0 radical (unpaired) electrons. The third-order valence-electron chi connectivity index (χ3n) is 2.44. The van der Waals surface area contributed by atoms with E-state index in [0.29, 0.717) is 6.54 Å². The summed E-state index contributed by atoms with van der Waals surface area (Å²) in [5.41, 5.74) is 6.70. The fourth-order valence-electron chi connectivity index (χ4n) is 1.27. The summed E-state index contributed by atoms with van der Waals surface area (Å²) in [5.74, 6) is -0.186. The molecule has 1 aromatic carbocycles. The van der Waals surface area contributed by atoms with Crippen molar-refractivity contribution in [2.45, 2.75) is 25.8 Å². The second-order valence-electron chi connectivity index (χ2n) is 4.39. The van der Waals surface area contributed by atoms with E-state index in [4.69, 9.17) is 5.73 Å². The highest BCUT2D eigenvalue weighted by Crippen LogP contribution is 2.04. The lowest BCUT2D eigenvalue weighted by Crippen LogP contribution is -2.46. The Hall–Kier alpha value is -0.930. The average molecular weight is 210 g/mol. The van der Waals surface area contributed by atoms with Gasteiger partial charge in [-0.05, 0) is 44.5 Å². The zero-order valence-electron chi connectivity index (χ0n) is 9.39. The molecule has 3 heteroatoms. The van der Waals surface area contributed by atoms with Gasteiger partial charge in [0.15, 0.2) is 0 Å². The molecule has 0 aromatic heterocycles. The van der Waals surface area contributed by atoms with E-state index < -0.39 is 0 Å². The molecule has 1 aromatic rings. The Bertz CT molecular complexity index is 293. The number of nitrogens with one attached hydrogen (secondary N) is 1. The first-order valence-corrected chi connectivity index (χ1v) is 5.23. The quantitative estimate of drug-likeness (QED) is 0.776. The Morgan fingerprint density at radius 1 is 1.27 bits per heavy atom. The molecule has 0 bridgehead atoms. The van der Waals surface area contributed by atoms with Gasteiger partial charge in [-0.3, -0.25) is 0 Å². The van der Waals surface area contributed by atoms with Gasteiger partial charge in [-0.1, -0.05) is 12.1 Å². The molecule has 0 unspecified atom stereocenters. The van der Waals surface area contributed by atoms with Crippen LogP contribution in [0.25, 0.3) is 0 Å². The number of benzene rings is 1. The van der Waals surface area contributed by atoms with Gasteiger partial charge in [0, 0.05) is 12.1 Å². The van der Waals surface area contributed by atoms with Crippen LogP contribution >= 0.6 is 0 Å². The predicted octanol–water partition coefficient (Wildman–Crippen LogP) is 1.70. The van der Waals surface area contributed by atoms with Gasteiger partial charge in [0.2, 0.25) is 0 Å². The number of hydrogen-bond acceptors (Lipinski definition) is 2. The minimum absolute atomic E-state index is 0.0277. The van der Waals surface area contributed by atoms with Gasteiger partial charge >= 0.3 is 0 Å². The molecule has 2 nitrogen and oxygen atoms in total. The molecule has 15 heavy (non-hydrogen) atoms. The molecule has 0 aliphatic rings. The molecule has 0 fully saturated rings. The van der Waals surface area contributed by atoms with Crippen LogP contribution in [0.4, 0.5) is 4.39 Å². The highest BCUT2D eigenvalue weighted by atomic mass is 19.1. The summed E-state index contributed by atoms with van der Waals surface area (Å²) < 4.78 is 12.6. The highest BCUT2D eigenvalue weighted by Gasteiger charge is 2.12. The Kier molecular flexibility index (Phi) is 4.24. The summed E-state index contributed by atoms with van der Waals surface area (Å²) >= 11 is 0. The van der Waals surface area contributed by atoms with Crippen LogP contribution in [0.3, 0.4) is 0 Å². The van der Waals surface area contributed by atoms with E-state index in [1.807, 2.05) is 12.1 Å². The van der Waals surface area contributed by atoms with Crippen molar-refractivity contribution >= 4 is 0 Å². The lowest BCUT2D eigenvalue weighted by atomic mass is 10.1. The smallest absolute Gasteiger partial charge is 0.123 e. The largest absolute Gasteiger partial charge is 0.329 e. The number of halogens is 1. The molecule has 0 aliphatic carbocycles. The van der Waals surface area contributed by atoms with E-state index in [9.17, 15) is 4.39 Å².